The molecule has 2 aromatic rings. The lowest BCUT2D eigenvalue weighted by Gasteiger charge is -2.17. The van der Waals surface area contributed by atoms with Gasteiger partial charge in [-0.15, -0.1) is 0 Å². The molecule has 10 heteroatoms. The van der Waals surface area contributed by atoms with Crippen LogP contribution < -0.4 is 10.1 Å². The number of aromatic carboxylic acids is 1. The van der Waals surface area contributed by atoms with Crippen molar-refractivity contribution >= 4 is 11.9 Å². The zero-order valence-electron chi connectivity index (χ0n) is 18.1. The van der Waals surface area contributed by atoms with Crippen LogP contribution in [0.5, 0.6) is 5.88 Å². The fourth-order valence-electron chi connectivity index (χ4n) is 3.31. The van der Waals surface area contributed by atoms with Gasteiger partial charge in [-0.1, -0.05) is 30.4 Å². The average molecular weight is 461 g/mol. The number of aryl methyl sites for hydroxylation is 2. The van der Waals surface area contributed by atoms with E-state index in [1.165, 1.54) is 42.1 Å². The van der Waals surface area contributed by atoms with Crippen LogP contribution in [0.25, 0.3) is 0 Å². The summed E-state index contributed by atoms with van der Waals surface area (Å²) >= 11 is 0. The Bertz CT molecular complexity index is 1140. The van der Waals surface area contributed by atoms with E-state index < -0.39 is 35.8 Å². The van der Waals surface area contributed by atoms with Crippen LogP contribution in [0.1, 0.15) is 44.9 Å². The SMILES string of the molecule is Cc1nn(C)c(OC2C=CC=CC(C(F)(F)F)=C2)c1C(=O)N[C@@H](C)c1ccc(C(=O)O)cc1. The second-order valence-electron chi connectivity index (χ2n) is 7.46. The van der Waals surface area contributed by atoms with Gasteiger partial charge in [0.15, 0.2) is 0 Å². The van der Waals surface area contributed by atoms with Crippen LogP contribution in [0.4, 0.5) is 13.2 Å². The predicted molar refractivity (Wildman–Crippen MR) is 114 cm³/mol. The lowest BCUT2D eigenvalue weighted by atomic mass is 10.1. The molecule has 3 rings (SSSR count). The number of rotatable bonds is 6. The number of aromatic nitrogens is 2. The largest absolute Gasteiger partial charge is 0.478 e. The molecular weight excluding hydrogens is 439 g/mol. The van der Waals surface area contributed by atoms with E-state index in [4.69, 9.17) is 9.84 Å². The first-order chi connectivity index (χ1) is 15.5. The minimum absolute atomic E-state index is 0.0211. The Balaban J connectivity index is 1.83. The highest BCUT2D eigenvalue weighted by molar-refractivity contribution is 5.98. The maximum Gasteiger partial charge on any atom is 0.416 e. The number of carboxylic acid groups (broad SMARTS) is 1. The molecular formula is C23H22F3N3O4. The van der Waals surface area contributed by atoms with Crippen molar-refractivity contribution in [2.24, 2.45) is 7.05 Å². The molecule has 0 fully saturated rings. The van der Waals surface area contributed by atoms with Crippen LogP contribution >= 0.6 is 0 Å². The van der Waals surface area contributed by atoms with E-state index in [1.54, 1.807) is 26.0 Å². The molecule has 0 saturated carbocycles. The van der Waals surface area contributed by atoms with Crippen LogP contribution in [-0.4, -0.2) is 39.0 Å². The molecule has 1 aromatic heterocycles. The highest BCUT2D eigenvalue weighted by atomic mass is 19.4. The number of carbonyl (C=O) groups is 2. The van der Waals surface area contributed by atoms with Gasteiger partial charge in [0.05, 0.1) is 22.9 Å². The molecule has 1 aliphatic rings. The normalized spacial score (nSPS) is 16.7. The topological polar surface area (TPSA) is 93.5 Å². The maximum absolute atomic E-state index is 13.2. The first-order valence-electron chi connectivity index (χ1n) is 9.95. The number of hydrogen-bond acceptors (Lipinski definition) is 4. The van der Waals surface area contributed by atoms with Crippen LogP contribution in [-0.2, 0) is 7.05 Å². The first kappa shape index (κ1) is 23.8. The Labute approximate surface area is 187 Å². The summed E-state index contributed by atoms with van der Waals surface area (Å²) < 4.78 is 46.6. The number of carboxylic acids is 1. The van der Waals surface area contributed by atoms with Gasteiger partial charge in [-0.05, 0) is 43.7 Å². The maximum atomic E-state index is 13.2. The summed E-state index contributed by atoms with van der Waals surface area (Å²) in [6.45, 7) is 3.31. The predicted octanol–water partition coefficient (Wildman–Crippen LogP) is 4.28. The number of nitrogens with zero attached hydrogens (tertiary/aromatic N) is 2. The molecule has 7 nitrogen and oxygen atoms in total. The van der Waals surface area contributed by atoms with Gasteiger partial charge < -0.3 is 15.2 Å². The molecule has 0 radical (unpaired) electrons. The van der Waals surface area contributed by atoms with E-state index in [0.717, 1.165) is 12.2 Å². The van der Waals surface area contributed by atoms with Gasteiger partial charge in [0, 0.05) is 7.05 Å². The summed E-state index contributed by atoms with van der Waals surface area (Å²) in [6.07, 6.45) is 0.396. The van der Waals surface area contributed by atoms with Crippen LogP contribution in [0.15, 0.2) is 60.2 Å². The van der Waals surface area contributed by atoms with Gasteiger partial charge in [0.1, 0.15) is 11.7 Å². The molecule has 33 heavy (non-hydrogen) atoms. The Morgan fingerprint density at radius 1 is 1.21 bits per heavy atom. The van der Waals surface area contributed by atoms with Gasteiger partial charge in [-0.2, -0.15) is 18.3 Å². The number of hydrogen-bond donors (Lipinski definition) is 2. The summed E-state index contributed by atoms with van der Waals surface area (Å²) in [5.74, 6) is -1.56. The number of ether oxygens (including phenoxy) is 1. The van der Waals surface area contributed by atoms with Crippen molar-refractivity contribution in [3.05, 3.63) is 82.6 Å². The van der Waals surface area contributed by atoms with E-state index in [-0.39, 0.29) is 17.0 Å². The van der Waals surface area contributed by atoms with E-state index in [1.807, 2.05) is 0 Å². The van der Waals surface area contributed by atoms with E-state index in [0.29, 0.717) is 11.3 Å². The van der Waals surface area contributed by atoms with Crippen LogP contribution in [0, 0.1) is 6.92 Å². The highest BCUT2D eigenvalue weighted by Crippen LogP contribution is 2.30. The van der Waals surface area contributed by atoms with Crippen molar-refractivity contribution in [2.75, 3.05) is 0 Å². The Hall–Kier alpha value is -3.82. The number of allylic oxidation sites excluding steroid dienone is 4. The van der Waals surface area contributed by atoms with Crippen molar-refractivity contribution < 1.29 is 32.6 Å². The molecule has 0 saturated heterocycles. The Kier molecular flexibility index (Phi) is 6.75. The van der Waals surface area contributed by atoms with Gasteiger partial charge in [0.25, 0.3) is 5.91 Å². The van der Waals surface area contributed by atoms with E-state index in [9.17, 15) is 22.8 Å². The van der Waals surface area contributed by atoms with Gasteiger partial charge >= 0.3 is 12.1 Å². The summed E-state index contributed by atoms with van der Waals surface area (Å²) in [5.41, 5.74) is 0.371. The number of amides is 1. The first-order valence-corrected chi connectivity index (χ1v) is 9.95. The molecule has 1 amide bonds. The number of carbonyl (C=O) groups excluding carboxylic acids is 1. The molecule has 1 heterocycles. The van der Waals surface area contributed by atoms with Gasteiger partial charge in [-0.25, -0.2) is 9.48 Å². The summed E-state index contributed by atoms with van der Waals surface area (Å²) in [4.78, 5) is 24.0. The highest BCUT2D eigenvalue weighted by Gasteiger charge is 2.33. The molecule has 0 aliphatic heterocycles. The van der Waals surface area contributed by atoms with Crippen LogP contribution in [0.3, 0.4) is 0 Å². The third kappa shape index (κ3) is 5.51. The minimum Gasteiger partial charge on any atom is -0.478 e. The molecule has 1 aromatic carbocycles. The summed E-state index contributed by atoms with van der Waals surface area (Å²) in [6, 6.07) is 5.57. The fraction of sp³-hybridized carbons (Fsp3) is 0.261. The Morgan fingerprint density at radius 2 is 1.88 bits per heavy atom. The van der Waals surface area contributed by atoms with Crippen molar-refractivity contribution in [3.63, 3.8) is 0 Å². The number of alkyl halides is 3. The van der Waals surface area contributed by atoms with Crippen molar-refractivity contribution in [2.45, 2.75) is 32.2 Å². The fourth-order valence-corrected chi connectivity index (χ4v) is 3.31. The quantitative estimate of drug-likeness (QED) is 0.670. The average Bonchev–Trinajstić information content (AvgIpc) is 2.89. The molecule has 1 unspecified atom stereocenters. The Morgan fingerprint density at radius 3 is 2.48 bits per heavy atom. The molecule has 0 bridgehead atoms. The van der Waals surface area contributed by atoms with Crippen molar-refractivity contribution in [3.8, 4) is 5.88 Å². The standard InChI is InChI=1S/C23H22F3N3O4/c1-13(15-8-10-16(11-9-15)22(31)32)27-20(30)19-14(2)28-29(3)21(19)33-18-7-5-4-6-17(12-18)23(24,25)26/h4-13,18H,1-3H3,(H,27,30)(H,31,32)/t13-,18?/m0/s1. The second-order valence-corrected chi connectivity index (χ2v) is 7.46. The van der Waals surface area contributed by atoms with Crippen LogP contribution in [0.2, 0.25) is 0 Å². The zero-order chi connectivity index (χ0) is 24.3. The van der Waals surface area contributed by atoms with Crippen molar-refractivity contribution in [1.82, 2.24) is 15.1 Å². The minimum atomic E-state index is -4.54. The third-order valence-electron chi connectivity index (χ3n) is 5.01. The molecule has 2 atom stereocenters. The lowest BCUT2D eigenvalue weighted by molar-refractivity contribution is -0.0887. The number of nitrogens with one attached hydrogen (secondary N) is 1. The molecule has 0 spiro atoms. The molecule has 1 aliphatic carbocycles. The van der Waals surface area contributed by atoms with Gasteiger partial charge in [0.2, 0.25) is 5.88 Å². The smallest absolute Gasteiger partial charge is 0.416 e. The molecule has 2 N–H and O–H groups in total. The summed E-state index contributed by atoms with van der Waals surface area (Å²) in [7, 11) is 1.53. The number of halogens is 3. The number of benzene rings is 1. The monoisotopic (exact) mass is 461 g/mol. The van der Waals surface area contributed by atoms with E-state index >= 15 is 0 Å². The van der Waals surface area contributed by atoms with E-state index in [2.05, 4.69) is 10.4 Å². The lowest BCUT2D eigenvalue weighted by Crippen LogP contribution is -2.28. The third-order valence-corrected chi connectivity index (χ3v) is 5.01. The zero-order valence-corrected chi connectivity index (χ0v) is 18.1. The van der Waals surface area contributed by atoms with Gasteiger partial charge in [-0.3, -0.25) is 4.79 Å². The summed E-state index contributed by atoms with van der Waals surface area (Å²) in [5, 5.41) is 16.0. The molecule has 174 valence electrons. The van der Waals surface area contributed by atoms with Crippen molar-refractivity contribution in [1.29, 1.82) is 0 Å². The second kappa shape index (κ2) is 9.35.